The highest BCUT2D eigenvalue weighted by Crippen LogP contribution is 2.42. The summed E-state index contributed by atoms with van der Waals surface area (Å²) in [6.45, 7) is 0.506. The maximum Gasteiger partial charge on any atom is 0.416 e. The highest BCUT2D eigenvalue weighted by atomic mass is 19.4. The lowest BCUT2D eigenvalue weighted by atomic mass is 9.71. The Morgan fingerprint density at radius 2 is 2.11 bits per heavy atom. The summed E-state index contributed by atoms with van der Waals surface area (Å²) in [5, 5.41) is 3.37. The van der Waals surface area contributed by atoms with Crippen molar-refractivity contribution in [3.8, 4) is 0 Å². The molecule has 2 aliphatic rings. The lowest BCUT2D eigenvalue weighted by Crippen LogP contribution is -2.47. The molecule has 0 spiro atoms. The lowest BCUT2D eigenvalue weighted by Gasteiger charge is -2.40. The molecule has 0 saturated heterocycles. The summed E-state index contributed by atoms with van der Waals surface area (Å²) in [4.78, 5) is 0. The standard InChI is InChI=1S/C15H16F3N/c16-15(17,18)12-5-1-3-10(7-12)9-19-14-8-11-4-2-6-13(11)14/h1-3,5-7,11,13-14,19H,4,8-9H2. The fraction of sp³-hybridized carbons (Fsp3) is 0.467. The third-order valence-corrected chi connectivity index (χ3v) is 4.19. The number of alkyl halides is 3. The number of hydrogen-bond acceptors (Lipinski definition) is 1. The van der Waals surface area contributed by atoms with Crippen LogP contribution in [0.1, 0.15) is 24.0 Å². The Bertz CT molecular complexity index is 492. The van der Waals surface area contributed by atoms with E-state index < -0.39 is 11.7 Å². The van der Waals surface area contributed by atoms with Gasteiger partial charge in [0.05, 0.1) is 5.56 Å². The Kier molecular flexibility index (Phi) is 3.13. The van der Waals surface area contributed by atoms with Gasteiger partial charge in [-0.1, -0.05) is 30.4 Å². The predicted molar refractivity (Wildman–Crippen MR) is 67.4 cm³/mol. The largest absolute Gasteiger partial charge is 0.416 e. The molecule has 0 amide bonds. The van der Waals surface area contributed by atoms with Crippen LogP contribution < -0.4 is 5.32 Å². The van der Waals surface area contributed by atoms with E-state index in [1.165, 1.54) is 12.1 Å². The van der Waals surface area contributed by atoms with Gasteiger partial charge in [0, 0.05) is 12.6 Å². The van der Waals surface area contributed by atoms with Crippen LogP contribution in [0.15, 0.2) is 36.4 Å². The number of fused-ring (bicyclic) bond motifs is 1. The summed E-state index contributed by atoms with van der Waals surface area (Å²) in [5.41, 5.74) is 0.124. The summed E-state index contributed by atoms with van der Waals surface area (Å²) >= 11 is 0. The Morgan fingerprint density at radius 3 is 2.84 bits per heavy atom. The molecule has 3 unspecified atom stereocenters. The summed E-state index contributed by atoms with van der Waals surface area (Å²) in [5.74, 6) is 1.35. The molecule has 1 aromatic carbocycles. The van der Waals surface area contributed by atoms with E-state index in [4.69, 9.17) is 0 Å². The summed E-state index contributed by atoms with van der Waals surface area (Å²) in [7, 11) is 0. The fourth-order valence-corrected chi connectivity index (χ4v) is 3.05. The summed E-state index contributed by atoms with van der Waals surface area (Å²) in [6, 6.07) is 5.98. The van der Waals surface area contributed by atoms with Crippen molar-refractivity contribution >= 4 is 0 Å². The third kappa shape index (κ3) is 2.54. The molecule has 0 heterocycles. The molecule has 0 radical (unpaired) electrons. The number of rotatable bonds is 3. The van der Waals surface area contributed by atoms with Crippen molar-refractivity contribution in [2.24, 2.45) is 11.8 Å². The highest BCUT2D eigenvalue weighted by molar-refractivity contribution is 5.26. The van der Waals surface area contributed by atoms with Crippen molar-refractivity contribution < 1.29 is 13.2 Å². The first-order valence-corrected chi connectivity index (χ1v) is 6.60. The van der Waals surface area contributed by atoms with Crippen LogP contribution in [0.2, 0.25) is 0 Å². The van der Waals surface area contributed by atoms with Crippen molar-refractivity contribution in [1.29, 1.82) is 0 Å². The van der Waals surface area contributed by atoms with Crippen LogP contribution in [0.3, 0.4) is 0 Å². The minimum atomic E-state index is -4.26. The van der Waals surface area contributed by atoms with E-state index in [0.717, 1.165) is 24.8 Å². The van der Waals surface area contributed by atoms with Gasteiger partial charge < -0.3 is 5.32 Å². The maximum absolute atomic E-state index is 12.6. The van der Waals surface area contributed by atoms with E-state index in [0.29, 0.717) is 24.1 Å². The van der Waals surface area contributed by atoms with Crippen LogP contribution >= 0.6 is 0 Å². The molecule has 1 nitrogen and oxygen atoms in total. The average molecular weight is 267 g/mol. The lowest BCUT2D eigenvalue weighted by molar-refractivity contribution is -0.137. The minimum Gasteiger partial charge on any atom is -0.309 e. The molecule has 3 atom stereocenters. The van der Waals surface area contributed by atoms with E-state index in [-0.39, 0.29) is 0 Å². The van der Waals surface area contributed by atoms with Crippen LogP contribution in [0, 0.1) is 11.8 Å². The molecular formula is C15H16F3N. The van der Waals surface area contributed by atoms with E-state index in [9.17, 15) is 13.2 Å². The quantitative estimate of drug-likeness (QED) is 0.822. The van der Waals surface area contributed by atoms with Gasteiger partial charge in [0.15, 0.2) is 0 Å². The van der Waals surface area contributed by atoms with Gasteiger partial charge in [-0.15, -0.1) is 0 Å². The molecule has 1 saturated carbocycles. The van der Waals surface area contributed by atoms with Gasteiger partial charge in [-0.3, -0.25) is 0 Å². The topological polar surface area (TPSA) is 12.0 Å². The summed E-state index contributed by atoms with van der Waals surface area (Å²) in [6.07, 6.45) is 2.48. The van der Waals surface area contributed by atoms with Gasteiger partial charge in [0.1, 0.15) is 0 Å². The Hall–Kier alpha value is -1.29. The molecule has 1 fully saturated rings. The first-order chi connectivity index (χ1) is 9.04. The molecular weight excluding hydrogens is 251 g/mol. The van der Waals surface area contributed by atoms with Gasteiger partial charge in [-0.2, -0.15) is 13.2 Å². The van der Waals surface area contributed by atoms with E-state index in [1.54, 1.807) is 6.07 Å². The van der Waals surface area contributed by atoms with Crippen LogP contribution in [-0.4, -0.2) is 6.04 Å². The Labute approximate surface area is 110 Å². The molecule has 1 N–H and O–H groups in total. The fourth-order valence-electron chi connectivity index (χ4n) is 3.05. The molecule has 1 aromatic rings. The molecule has 2 aliphatic carbocycles. The maximum atomic E-state index is 12.6. The first kappa shape index (κ1) is 12.7. The second kappa shape index (κ2) is 4.67. The molecule has 102 valence electrons. The minimum absolute atomic E-state index is 0.429. The van der Waals surface area contributed by atoms with Crippen LogP contribution in [0.4, 0.5) is 13.2 Å². The van der Waals surface area contributed by atoms with E-state index in [2.05, 4.69) is 17.5 Å². The van der Waals surface area contributed by atoms with Crippen molar-refractivity contribution in [2.45, 2.75) is 31.6 Å². The van der Waals surface area contributed by atoms with Crippen LogP contribution in [0.25, 0.3) is 0 Å². The van der Waals surface area contributed by atoms with Gasteiger partial charge in [-0.05, 0) is 36.3 Å². The predicted octanol–water partition coefficient (Wildman–Crippen LogP) is 3.76. The Balaban J connectivity index is 1.60. The van der Waals surface area contributed by atoms with Crippen molar-refractivity contribution in [2.75, 3.05) is 0 Å². The third-order valence-electron chi connectivity index (χ3n) is 4.19. The number of nitrogens with one attached hydrogen (secondary N) is 1. The number of hydrogen-bond donors (Lipinski definition) is 1. The molecule has 0 aromatic heterocycles. The molecule has 3 rings (SSSR count). The molecule has 0 aliphatic heterocycles. The number of allylic oxidation sites excluding steroid dienone is 1. The van der Waals surface area contributed by atoms with Gasteiger partial charge in [-0.25, -0.2) is 0 Å². The van der Waals surface area contributed by atoms with Crippen LogP contribution in [0.5, 0.6) is 0 Å². The second-order valence-electron chi connectivity index (χ2n) is 5.42. The number of halogens is 3. The van der Waals surface area contributed by atoms with E-state index in [1.807, 2.05) is 0 Å². The first-order valence-electron chi connectivity index (χ1n) is 6.60. The SMILES string of the molecule is FC(F)(F)c1cccc(CNC2CC3CC=CC32)c1. The smallest absolute Gasteiger partial charge is 0.309 e. The van der Waals surface area contributed by atoms with Crippen molar-refractivity contribution in [1.82, 2.24) is 5.32 Å². The van der Waals surface area contributed by atoms with Crippen LogP contribution in [-0.2, 0) is 12.7 Å². The monoisotopic (exact) mass is 267 g/mol. The Morgan fingerprint density at radius 1 is 1.26 bits per heavy atom. The molecule has 4 heteroatoms. The van der Waals surface area contributed by atoms with E-state index >= 15 is 0 Å². The molecule has 0 bridgehead atoms. The second-order valence-corrected chi connectivity index (χ2v) is 5.42. The average Bonchev–Trinajstić information content (AvgIpc) is 2.71. The van der Waals surface area contributed by atoms with Crippen molar-refractivity contribution in [3.63, 3.8) is 0 Å². The molecule has 19 heavy (non-hydrogen) atoms. The zero-order valence-corrected chi connectivity index (χ0v) is 10.5. The number of benzene rings is 1. The van der Waals surface area contributed by atoms with Gasteiger partial charge >= 0.3 is 6.18 Å². The zero-order chi connectivity index (χ0) is 13.5. The van der Waals surface area contributed by atoms with Crippen molar-refractivity contribution in [3.05, 3.63) is 47.5 Å². The summed E-state index contributed by atoms with van der Waals surface area (Å²) < 4.78 is 37.8. The highest BCUT2D eigenvalue weighted by Gasteiger charge is 2.40. The zero-order valence-electron chi connectivity index (χ0n) is 10.5. The van der Waals surface area contributed by atoms with Gasteiger partial charge in [0.2, 0.25) is 0 Å². The normalized spacial score (nSPS) is 29.1. The van der Waals surface area contributed by atoms with Gasteiger partial charge in [0.25, 0.3) is 0 Å².